The Kier molecular flexibility index (Phi) is 4.53. The highest BCUT2D eigenvalue weighted by atomic mass is 19.1. The first-order chi connectivity index (χ1) is 12.4. The number of nitrogens with one attached hydrogen (secondary N) is 1. The first-order valence-corrected chi connectivity index (χ1v) is 7.55. The monoisotopic (exact) mass is 359 g/mol. The van der Waals surface area contributed by atoms with Crippen molar-refractivity contribution in [2.45, 2.75) is 13.5 Å². The maximum atomic E-state index is 13.4. The number of carbonyl (C=O) groups is 1. The predicted molar refractivity (Wildman–Crippen MR) is 90.5 cm³/mol. The van der Waals surface area contributed by atoms with Gasteiger partial charge in [-0.3, -0.25) is 10.1 Å². The van der Waals surface area contributed by atoms with Crippen LogP contribution in [0.4, 0.5) is 15.9 Å². The van der Waals surface area contributed by atoms with E-state index in [9.17, 15) is 19.3 Å². The molecule has 134 valence electrons. The van der Waals surface area contributed by atoms with Crippen molar-refractivity contribution in [1.82, 2.24) is 4.98 Å². The molecule has 9 heteroatoms. The zero-order valence-electron chi connectivity index (χ0n) is 13.9. The Morgan fingerprint density at radius 2 is 2.19 bits per heavy atom. The first kappa shape index (κ1) is 17.3. The van der Waals surface area contributed by atoms with Crippen molar-refractivity contribution in [2.24, 2.45) is 0 Å². The maximum absolute atomic E-state index is 13.4. The smallest absolute Gasteiger partial charge is 0.339 e. The van der Waals surface area contributed by atoms with Gasteiger partial charge in [0.1, 0.15) is 17.2 Å². The molecule has 8 nitrogen and oxygen atoms in total. The number of esters is 1. The third-order valence-corrected chi connectivity index (χ3v) is 3.90. The molecule has 0 radical (unpaired) electrons. The van der Waals surface area contributed by atoms with Crippen molar-refractivity contribution in [1.29, 1.82) is 0 Å². The highest BCUT2D eigenvalue weighted by Crippen LogP contribution is 2.28. The molecule has 2 aromatic heterocycles. The average molecular weight is 359 g/mol. The van der Waals surface area contributed by atoms with E-state index < -0.39 is 10.9 Å². The second-order valence-corrected chi connectivity index (χ2v) is 5.48. The topological polar surface area (TPSA) is 108 Å². The molecule has 0 fully saturated rings. The van der Waals surface area contributed by atoms with Gasteiger partial charge in [0.2, 0.25) is 5.82 Å². The number of nitrogens with zero attached hydrogens (tertiary/aromatic N) is 2. The summed E-state index contributed by atoms with van der Waals surface area (Å²) < 4.78 is 23.6. The number of nitro groups is 1. The van der Waals surface area contributed by atoms with Crippen LogP contribution in [0.1, 0.15) is 21.7 Å². The van der Waals surface area contributed by atoms with Crippen LogP contribution in [0.2, 0.25) is 0 Å². The molecule has 0 aliphatic carbocycles. The second-order valence-electron chi connectivity index (χ2n) is 5.48. The Morgan fingerprint density at radius 3 is 2.88 bits per heavy atom. The van der Waals surface area contributed by atoms with Gasteiger partial charge in [0, 0.05) is 23.2 Å². The number of halogens is 1. The first-order valence-electron chi connectivity index (χ1n) is 7.55. The molecule has 0 aliphatic rings. The molecule has 0 saturated heterocycles. The number of carbonyl (C=O) groups excluding carboxylic acids is 1. The molecule has 2 heterocycles. The van der Waals surface area contributed by atoms with Crippen LogP contribution < -0.4 is 5.32 Å². The number of furan rings is 1. The fourth-order valence-electron chi connectivity index (χ4n) is 2.53. The van der Waals surface area contributed by atoms with Crippen LogP contribution in [0.3, 0.4) is 0 Å². The highest BCUT2D eigenvalue weighted by Gasteiger charge is 2.20. The number of benzene rings is 1. The van der Waals surface area contributed by atoms with Gasteiger partial charge in [-0.25, -0.2) is 14.2 Å². The van der Waals surface area contributed by atoms with Gasteiger partial charge in [-0.05, 0) is 25.1 Å². The van der Waals surface area contributed by atoms with Crippen LogP contribution in [0.25, 0.3) is 11.0 Å². The van der Waals surface area contributed by atoms with Crippen molar-refractivity contribution in [2.75, 3.05) is 12.4 Å². The van der Waals surface area contributed by atoms with Crippen LogP contribution in [-0.2, 0) is 11.3 Å². The quantitative estimate of drug-likeness (QED) is 0.421. The lowest BCUT2D eigenvalue weighted by Crippen LogP contribution is -2.08. The van der Waals surface area contributed by atoms with Crippen molar-refractivity contribution in [3.8, 4) is 0 Å². The summed E-state index contributed by atoms with van der Waals surface area (Å²) in [7, 11) is 1.17. The standard InChI is InChI=1S/C17H14FN3O5/c1-9-12-6-11(18)3-4-14(12)26-15(9)8-20-16-13(21(23)24)5-10(7-19-16)17(22)25-2/h3-7H,8H2,1-2H3,(H,19,20). The van der Waals surface area contributed by atoms with Gasteiger partial charge in [0.25, 0.3) is 0 Å². The molecule has 0 bridgehead atoms. The molecule has 3 aromatic rings. The van der Waals surface area contributed by atoms with E-state index in [-0.39, 0.29) is 29.4 Å². The lowest BCUT2D eigenvalue weighted by atomic mass is 10.1. The van der Waals surface area contributed by atoms with E-state index in [4.69, 9.17) is 4.42 Å². The number of aryl methyl sites for hydroxylation is 1. The largest absolute Gasteiger partial charge is 0.465 e. The highest BCUT2D eigenvalue weighted by molar-refractivity contribution is 5.90. The normalized spacial score (nSPS) is 10.7. The molecule has 26 heavy (non-hydrogen) atoms. The molecule has 1 aromatic carbocycles. The van der Waals surface area contributed by atoms with Gasteiger partial charge in [-0.2, -0.15) is 0 Å². The van der Waals surface area contributed by atoms with Crippen molar-refractivity contribution < 1.29 is 23.3 Å². The summed E-state index contributed by atoms with van der Waals surface area (Å²) in [5, 5.41) is 14.7. The Balaban J connectivity index is 1.89. The van der Waals surface area contributed by atoms with E-state index >= 15 is 0 Å². The molecule has 0 saturated carbocycles. The summed E-state index contributed by atoms with van der Waals surface area (Å²) in [6.45, 7) is 1.87. The van der Waals surface area contributed by atoms with Crippen LogP contribution in [-0.4, -0.2) is 23.0 Å². The average Bonchev–Trinajstić information content (AvgIpc) is 2.94. The van der Waals surface area contributed by atoms with Gasteiger partial charge >= 0.3 is 11.7 Å². The van der Waals surface area contributed by atoms with Crippen molar-refractivity contribution in [3.63, 3.8) is 0 Å². The Bertz CT molecular complexity index is 1020. The number of aromatic nitrogens is 1. The lowest BCUT2D eigenvalue weighted by Gasteiger charge is -2.06. The molecule has 0 unspecified atom stereocenters. The van der Waals surface area contributed by atoms with E-state index in [0.717, 1.165) is 11.6 Å². The number of hydrogen-bond acceptors (Lipinski definition) is 7. The van der Waals surface area contributed by atoms with Crippen LogP contribution in [0.5, 0.6) is 0 Å². The Hall–Kier alpha value is -3.49. The molecule has 0 amide bonds. The molecular weight excluding hydrogens is 345 g/mol. The minimum absolute atomic E-state index is 0.0197. The summed E-state index contributed by atoms with van der Waals surface area (Å²) in [5.74, 6) is -0.619. The third-order valence-electron chi connectivity index (χ3n) is 3.90. The SMILES string of the molecule is COC(=O)c1cnc(NCc2oc3ccc(F)cc3c2C)c([N+](=O)[O-])c1. The number of rotatable bonds is 5. The molecule has 1 N–H and O–H groups in total. The maximum Gasteiger partial charge on any atom is 0.339 e. The third kappa shape index (κ3) is 3.18. The molecule has 3 rings (SSSR count). The summed E-state index contributed by atoms with van der Waals surface area (Å²) in [5.41, 5.74) is 0.845. The minimum atomic E-state index is -0.720. The van der Waals surface area contributed by atoms with Gasteiger partial charge in [-0.15, -0.1) is 0 Å². The Labute approximate surface area is 146 Å². The fraction of sp³-hybridized carbons (Fsp3) is 0.176. The molecule has 0 spiro atoms. The zero-order valence-corrected chi connectivity index (χ0v) is 13.9. The van der Waals surface area contributed by atoms with Crippen LogP contribution >= 0.6 is 0 Å². The summed E-state index contributed by atoms with van der Waals surface area (Å²) in [4.78, 5) is 26.0. The summed E-state index contributed by atoms with van der Waals surface area (Å²) >= 11 is 0. The second kappa shape index (κ2) is 6.79. The number of ether oxygens (including phenoxy) is 1. The van der Waals surface area contributed by atoms with E-state index in [1.54, 1.807) is 6.92 Å². The van der Waals surface area contributed by atoms with E-state index in [0.29, 0.717) is 16.7 Å². The Morgan fingerprint density at radius 1 is 1.42 bits per heavy atom. The zero-order chi connectivity index (χ0) is 18.8. The van der Waals surface area contributed by atoms with Crippen LogP contribution in [0, 0.1) is 22.9 Å². The minimum Gasteiger partial charge on any atom is -0.465 e. The fourth-order valence-corrected chi connectivity index (χ4v) is 2.53. The summed E-state index contributed by atoms with van der Waals surface area (Å²) in [6, 6.07) is 5.26. The van der Waals surface area contributed by atoms with E-state index in [1.165, 1.54) is 31.5 Å². The van der Waals surface area contributed by atoms with Gasteiger partial charge < -0.3 is 14.5 Å². The number of methoxy groups -OCH3 is 1. The number of hydrogen-bond donors (Lipinski definition) is 1. The molecular formula is C17H14FN3O5. The van der Waals surface area contributed by atoms with Gasteiger partial charge in [0.15, 0.2) is 0 Å². The number of anilines is 1. The van der Waals surface area contributed by atoms with Gasteiger partial charge in [0.05, 0.1) is 24.1 Å². The molecule has 0 atom stereocenters. The van der Waals surface area contributed by atoms with Crippen molar-refractivity contribution in [3.05, 3.63) is 63.3 Å². The van der Waals surface area contributed by atoms with Crippen LogP contribution in [0.15, 0.2) is 34.9 Å². The number of fused-ring (bicyclic) bond motifs is 1. The van der Waals surface area contributed by atoms with E-state index in [2.05, 4.69) is 15.0 Å². The van der Waals surface area contributed by atoms with Gasteiger partial charge in [-0.1, -0.05) is 0 Å². The predicted octanol–water partition coefficient (Wildman–Crippen LogP) is 3.58. The summed E-state index contributed by atoms with van der Waals surface area (Å²) in [6.07, 6.45) is 1.18. The number of pyridine rings is 1. The van der Waals surface area contributed by atoms with E-state index in [1.807, 2.05) is 0 Å². The molecule has 0 aliphatic heterocycles. The van der Waals surface area contributed by atoms with Crippen molar-refractivity contribution >= 4 is 28.4 Å². The lowest BCUT2D eigenvalue weighted by molar-refractivity contribution is -0.384.